The lowest BCUT2D eigenvalue weighted by atomic mass is 10.1. The van der Waals surface area contributed by atoms with Crippen molar-refractivity contribution in [2.24, 2.45) is 0 Å². The number of rotatable bonds is 6. The van der Waals surface area contributed by atoms with Crippen LogP contribution in [0, 0.1) is 5.82 Å². The van der Waals surface area contributed by atoms with Crippen LogP contribution in [-0.4, -0.2) is 27.3 Å². The number of nitrogens with one attached hydrogen (secondary N) is 2. The van der Waals surface area contributed by atoms with Crippen molar-refractivity contribution in [1.29, 1.82) is 0 Å². The molecule has 0 aliphatic heterocycles. The number of carbonyl (C=O) groups excluding carboxylic acids is 2. The number of fused-ring (bicyclic) bond motifs is 1. The van der Waals surface area contributed by atoms with Crippen LogP contribution in [0.25, 0.3) is 10.8 Å². The minimum absolute atomic E-state index is 0.0209. The molecule has 2 N–H and O–H groups in total. The van der Waals surface area contributed by atoms with Crippen molar-refractivity contribution in [3.8, 4) is 0 Å². The van der Waals surface area contributed by atoms with Crippen molar-refractivity contribution in [3.05, 3.63) is 106 Å². The second kappa shape index (κ2) is 10.1. The van der Waals surface area contributed by atoms with Gasteiger partial charge in [-0.05, 0) is 35.9 Å². The van der Waals surface area contributed by atoms with Gasteiger partial charge in [0.15, 0.2) is 5.69 Å². The Labute approximate surface area is 192 Å². The molecule has 0 aliphatic carbocycles. The van der Waals surface area contributed by atoms with Crippen LogP contribution in [0.5, 0.6) is 0 Å². The maximum absolute atomic E-state index is 13.0. The Morgan fingerprint density at radius 2 is 1.55 bits per heavy atom. The number of nitrogens with zero attached hydrogens (tertiary/aromatic N) is 2. The predicted molar refractivity (Wildman–Crippen MR) is 124 cm³/mol. The van der Waals surface area contributed by atoms with Crippen LogP contribution in [0.4, 0.5) is 4.39 Å². The van der Waals surface area contributed by atoms with Gasteiger partial charge in [-0.25, -0.2) is 9.07 Å². The molecule has 9 heteroatoms. The van der Waals surface area contributed by atoms with Gasteiger partial charge in [0.25, 0.3) is 11.5 Å². The molecule has 33 heavy (non-hydrogen) atoms. The smallest absolute Gasteiger partial charge is 0.272 e. The fraction of sp³-hybridized carbons (Fsp3) is 0.0833. The van der Waals surface area contributed by atoms with Gasteiger partial charge in [0, 0.05) is 10.3 Å². The van der Waals surface area contributed by atoms with Gasteiger partial charge < -0.3 is 0 Å². The molecule has 0 saturated carbocycles. The Morgan fingerprint density at radius 1 is 0.879 bits per heavy atom. The standard InChI is InChI=1S/C24H19FN4O3S/c25-17-10-12-18(13-11-17)33-15-21(30)26-27-23(31)22-19-8-4-5-9-20(19)24(32)29(28-22)14-16-6-2-1-3-7-16/h1-13H,14-15H2,(H,26,30)(H,27,31). The molecule has 0 spiro atoms. The van der Waals surface area contributed by atoms with Gasteiger partial charge in [0.05, 0.1) is 17.7 Å². The summed E-state index contributed by atoms with van der Waals surface area (Å²) in [7, 11) is 0. The van der Waals surface area contributed by atoms with Gasteiger partial charge in [-0.3, -0.25) is 25.2 Å². The van der Waals surface area contributed by atoms with Crippen molar-refractivity contribution in [1.82, 2.24) is 20.6 Å². The molecule has 3 aromatic carbocycles. The summed E-state index contributed by atoms with van der Waals surface area (Å²) in [4.78, 5) is 38.6. The topological polar surface area (TPSA) is 93.1 Å². The molecule has 0 unspecified atom stereocenters. The summed E-state index contributed by atoms with van der Waals surface area (Å²) in [5, 5.41) is 5.02. The highest BCUT2D eigenvalue weighted by Gasteiger charge is 2.17. The summed E-state index contributed by atoms with van der Waals surface area (Å²) in [6, 6.07) is 21.8. The van der Waals surface area contributed by atoms with Gasteiger partial charge in [-0.1, -0.05) is 48.5 Å². The number of thioether (sulfide) groups is 1. The average molecular weight is 463 g/mol. The molecule has 7 nitrogen and oxygen atoms in total. The third-order valence-electron chi connectivity index (χ3n) is 4.76. The number of hydrogen-bond donors (Lipinski definition) is 2. The zero-order valence-corrected chi connectivity index (χ0v) is 18.1. The lowest BCUT2D eigenvalue weighted by Gasteiger charge is -2.12. The minimum atomic E-state index is -0.645. The maximum Gasteiger partial charge on any atom is 0.290 e. The molecule has 4 aromatic rings. The van der Waals surface area contributed by atoms with Crippen LogP contribution in [0.15, 0.2) is 88.6 Å². The summed E-state index contributed by atoms with van der Waals surface area (Å²) in [5.74, 6) is -1.43. The van der Waals surface area contributed by atoms with Crippen molar-refractivity contribution < 1.29 is 14.0 Å². The SMILES string of the molecule is O=C(CSc1ccc(F)cc1)NNC(=O)c1nn(Cc2ccccc2)c(=O)c2ccccc12. The molecule has 2 amide bonds. The highest BCUT2D eigenvalue weighted by molar-refractivity contribution is 8.00. The van der Waals surface area contributed by atoms with Crippen molar-refractivity contribution in [2.45, 2.75) is 11.4 Å². The predicted octanol–water partition coefficient (Wildman–Crippen LogP) is 3.14. The number of carbonyl (C=O) groups is 2. The van der Waals surface area contributed by atoms with Crippen LogP contribution in [-0.2, 0) is 11.3 Å². The Balaban J connectivity index is 1.49. The summed E-state index contributed by atoms with van der Waals surface area (Å²) < 4.78 is 14.2. The number of hydrogen-bond acceptors (Lipinski definition) is 5. The first-order valence-corrected chi connectivity index (χ1v) is 11.0. The molecular formula is C24H19FN4O3S. The van der Waals surface area contributed by atoms with Crippen molar-refractivity contribution >= 4 is 34.3 Å². The van der Waals surface area contributed by atoms with E-state index in [1.165, 1.54) is 28.6 Å². The first-order chi connectivity index (χ1) is 16.0. The quantitative estimate of drug-likeness (QED) is 0.339. The van der Waals surface area contributed by atoms with Crippen LogP contribution < -0.4 is 16.4 Å². The second-order valence-corrected chi connectivity index (χ2v) is 8.14. The largest absolute Gasteiger partial charge is 0.290 e. The number of halogens is 1. The highest BCUT2D eigenvalue weighted by atomic mass is 32.2. The van der Waals surface area contributed by atoms with Crippen LogP contribution >= 0.6 is 11.8 Å². The maximum atomic E-state index is 13.0. The van der Waals surface area contributed by atoms with E-state index in [9.17, 15) is 18.8 Å². The Morgan fingerprint density at radius 3 is 2.27 bits per heavy atom. The van der Waals surface area contributed by atoms with E-state index in [0.29, 0.717) is 10.8 Å². The lowest BCUT2D eigenvalue weighted by Crippen LogP contribution is -2.43. The third kappa shape index (κ3) is 5.45. The van der Waals surface area contributed by atoms with Gasteiger partial charge in [-0.15, -0.1) is 11.8 Å². The number of benzene rings is 3. The molecule has 1 heterocycles. The third-order valence-corrected chi connectivity index (χ3v) is 5.77. The molecule has 0 radical (unpaired) electrons. The molecule has 0 bridgehead atoms. The van der Waals surface area contributed by atoms with E-state index < -0.39 is 11.8 Å². The zero-order chi connectivity index (χ0) is 23.2. The molecule has 166 valence electrons. The van der Waals surface area contributed by atoms with Gasteiger partial charge in [-0.2, -0.15) is 5.10 Å². The Bertz CT molecular complexity index is 1360. The van der Waals surface area contributed by atoms with E-state index in [2.05, 4.69) is 16.0 Å². The van der Waals surface area contributed by atoms with Crippen molar-refractivity contribution in [2.75, 3.05) is 5.75 Å². The summed E-state index contributed by atoms with van der Waals surface area (Å²) in [5.41, 5.74) is 5.28. The summed E-state index contributed by atoms with van der Waals surface area (Å²) in [6.45, 7) is 0.200. The molecule has 0 atom stereocenters. The summed E-state index contributed by atoms with van der Waals surface area (Å²) >= 11 is 1.20. The molecule has 0 saturated heterocycles. The highest BCUT2D eigenvalue weighted by Crippen LogP contribution is 2.17. The number of amides is 2. The second-order valence-electron chi connectivity index (χ2n) is 7.09. The van der Waals surface area contributed by atoms with E-state index >= 15 is 0 Å². The van der Waals surface area contributed by atoms with Gasteiger partial charge >= 0.3 is 0 Å². The molecule has 0 aliphatic rings. The van der Waals surface area contributed by atoms with E-state index in [1.54, 1.807) is 36.4 Å². The first kappa shape index (κ1) is 22.2. The van der Waals surface area contributed by atoms with Gasteiger partial charge in [0.2, 0.25) is 5.91 Å². The van der Waals surface area contributed by atoms with E-state index in [4.69, 9.17) is 0 Å². The lowest BCUT2D eigenvalue weighted by molar-refractivity contribution is -0.119. The average Bonchev–Trinajstić information content (AvgIpc) is 2.84. The summed E-state index contributed by atoms with van der Waals surface area (Å²) in [6.07, 6.45) is 0. The fourth-order valence-electron chi connectivity index (χ4n) is 3.17. The monoisotopic (exact) mass is 462 g/mol. The Hall–Kier alpha value is -3.98. The fourth-order valence-corrected chi connectivity index (χ4v) is 3.87. The number of hydrazine groups is 1. The molecular weight excluding hydrogens is 443 g/mol. The van der Waals surface area contributed by atoms with Gasteiger partial charge in [0.1, 0.15) is 5.82 Å². The van der Waals surface area contributed by atoms with Crippen LogP contribution in [0.2, 0.25) is 0 Å². The van der Waals surface area contributed by atoms with Crippen LogP contribution in [0.1, 0.15) is 16.1 Å². The minimum Gasteiger partial charge on any atom is -0.272 e. The van der Waals surface area contributed by atoms with E-state index in [1.807, 2.05) is 30.3 Å². The zero-order valence-electron chi connectivity index (χ0n) is 17.3. The number of aromatic nitrogens is 2. The van der Waals surface area contributed by atoms with E-state index in [0.717, 1.165) is 10.5 Å². The van der Waals surface area contributed by atoms with Crippen LogP contribution in [0.3, 0.4) is 0 Å². The first-order valence-electron chi connectivity index (χ1n) is 10.0. The molecule has 0 fully saturated rings. The molecule has 4 rings (SSSR count). The molecule has 1 aromatic heterocycles. The Kier molecular flexibility index (Phi) is 6.80. The normalized spacial score (nSPS) is 10.7. The van der Waals surface area contributed by atoms with Crippen molar-refractivity contribution in [3.63, 3.8) is 0 Å². The van der Waals surface area contributed by atoms with E-state index in [-0.39, 0.29) is 29.4 Å².